The van der Waals surface area contributed by atoms with Crippen molar-refractivity contribution in [3.63, 3.8) is 0 Å². The van der Waals surface area contributed by atoms with Gasteiger partial charge < -0.3 is 15.1 Å². The highest BCUT2D eigenvalue weighted by Gasteiger charge is 2.21. The predicted molar refractivity (Wildman–Crippen MR) is 89.0 cm³/mol. The van der Waals surface area contributed by atoms with Crippen LogP contribution in [0.4, 0.5) is 4.79 Å². The van der Waals surface area contributed by atoms with Gasteiger partial charge in [0.05, 0.1) is 11.4 Å². The molecule has 2 rings (SSSR count). The van der Waals surface area contributed by atoms with Crippen LogP contribution in [0.15, 0.2) is 29.2 Å². The number of nitrogens with one attached hydrogen (secondary N) is 2. The highest BCUT2D eigenvalue weighted by molar-refractivity contribution is 7.90. The maximum absolute atomic E-state index is 12.1. The zero-order chi connectivity index (χ0) is 17.7. The van der Waals surface area contributed by atoms with E-state index in [1.54, 1.807) is 17.0 Å². The van der Waals surface area contributed by atoms with Gasteiger partial charge in [-0.15, -0.1) is 0 Å². The van der Waals surface area contributed by atoms with Gasteiger partial charge in [0.15, 0.2) is 0 Å². The molecule has 1 fully saturated rings. The van der Waals surface area contributed by atoms with Crippen molar-refractivity contribution >= 4 is 22.0 Å². The molecule has 1 aromatic rings. The fourth-order valence-electron chi connectivity index (χ4n) is 2.26. The molecule has 2 N–H and O–H groups in total. The molecule has 0 aliphatic carbocycles. The number of likely N-dealkylation sites (N-methyl/N-ethyl adjacent to an activating group) is 1. The lowest BCUT2D eigenvalue weighted by Gasteiger charge is -2.32. The Kier molecular flexibility index (Phi) is 5.79. The number of hydrogen-bond donors (Lipinski definition) is 2. The third-order valence-electron chi connectivity index (χ3n) is 3.81. The number of benzene rings is 1. The predicted octanol–water partition coefficient (Wildman–Crippen LogP) is -0.243. The second kappa shape index (κ2) is 7.63. The van der Waals surface area contributed by atoms with Crippen LogP contribution < -0.4 is 10.0 Å². The van der Waals surface area contributed by atoms with Crippen molar-refractivity contribution in [1.82, 2.24) is 19.8 Å². The van der Waals surface area contributed by atoms with Crippen LogP contribution in [0.2, 0.25) is 0 Å². The Morgan fingerprint density at radius 3 is 2.25 bits per heavy atom. The summed E-state index contributed by atoms with van der Waals surface area (Å²) in [5.74, 6) is -0.231. The largest absolute Gasteiger partial charge is 0.339 e. The third kappa shape index (κ3) is 4.93. The normalized spacial score (nSPS) is 15.8. The van der Waals surface area contributed by atoms with E-state index in [-0.39, 0.29) is 17.3 Å². The molecule has 24 heavy (non-hydrogen) atoms. The molecule has 0 unspecified atom stereocenters. The van der Waals surface area contributed by atoms with E-state index in [9.17, 15) is 18.0 Å². The molecule has 1 heterocycles. The highest BCUT2D eigenvalue weighted by atomic mass is 32.2. The monoisotopic (exact) mass is 354 g/mol. The maximum atomic E-state index is 12.1. The fourth-order valence-corrected chi connectivity index (χ4v) is 3.19. The molecule has 0 aromatic heterocycles. The van der Waals surface area contributed by atoms with Crippen molar-refractivity contribution in [2.24, 2.45) is 0 Å². The van der Waals surface area contributed by atoms with E-state index in [0.29, 0.717) is 13.1 Å². The van der Waals surface area contributed by atoms with Crippen molar-refractivity contribution < 1.29 is 18.0 Å². The van der Waals surface area contributed by atoms with Crippen molar-refractivity contribution in [3.8, 4) is 0 Å². The molecule has 1 aliphatic rings. The first-order valence-corrected chi connectivity index (χ1v) is 9.10. The fraction of sp³-hybridized carbons (Fsp3) is 0.467. The number of sulfonamides is 1. The number of carbonyl (C=O) groups excluding carboxylic acids is 2. The Hall–Kier alpha value is -2.13. The summed E-state index contributed by atoms with van der Waals surface area (Å²) in [4.78, 5) is 27.5. The summed E-state index contributed by atoms with van der Waals surface area (Å²) in [6, 6.07) is 5.20. The Bertz CT molecular complexity index is 695. The van der Waals surface area contributed by atoms with E-state index in [4.69, 9.17) is 0 Å². The van der Waals surface area contributed by atoms with E-state index < -0.39 is 16.1 Å². The Morgan fingerprint density at radius 2 is 1.67 bits per heavy atom. The summed E-state index contributed by atoms with van der Waals surface area (Å²) in [6.45, 7) is 4.35. The quantitative estimate of drug-likeness (QED) is 0.777. The van der Waals surface area contributed by atoms with Gasteiger partial charge in [0, 0.05) is 26.2 Å². The zero-order valence-electron chi connectivity index (χ0n) is 13.8. The summed E-state index contributed by atoms with van der Waals surface area (Å²) in [5.41, 5.74) is 0.913. The number of hydrogen-bond acceptors (Lipinski definition) is 5. The Labute approximate surface area is 141 Å². The SMILES string of the molecule is Cc1ccc(S(=O)(=O)NC(=O)NCC(=O)N2CCN(C)CC2)cc1. The van der Waals surface area contributed by atoms with Gasteiger partial charge >= 0.3 is 6.03 Å². The minimum atomic E-state index is -3.95. The van der Waals surface area contributed by atoms with Crippen LogP contribution in [0.3, 0.4) is 0 Å². The molecule has 0 saturated carbocycles. The van der Waals surface area contributed by atoms with Crippen molar-refractivity contribution in [1.29, 1.82) is 0 Å². The summed E-state index contributed by atoms with van der Waals surface area (Å²) >= 11 is 0. The minimum Gasteiger partial charge on any atom is -0.339 e. The van der Waals surface area contributed by atoms with E-state index in [2.05, 4.69) is 10.2 Å². The second-order valence-electron chi connectivity index (χ2n) is 5.79. The van der Waals surface area contributed by atoms with Crippen LogP contribution in [-0.2, 0) is 14.8 Å². The molecule has 9 heteroatoms. The zero-order valence-corrected chi connectivity index (χ0v) is 14.6. The minimum absolute atomic E-state index is 0.00588. The lowest BCUT2D eigenvalue weighted by Crippen LogP contribution is -2.51. The van der Waals surface area contributed by atoms with Crippen LogP contribution in [0.1, 0.15) is 5.56 Å². The molecule has 3 amide bonds. The van der Waals surface area contributed by atoms with Gasteiger partial charge in [0.25, 0.3) is 10.0 Å². The molecule has 0 radical (unpaired) electrons. The van der Waals surface area contributed by atoms with Gasteiger partial charge in [0.2, 0.25) is 5.91 Å². The first-order valence-electron chi connectivity index (χ1n) is 7.61. The van der Waals surface area contributed by atoms with Crippen molar-refractivity contribution in [3.05, 3.63) is 29.8 Å². The van der Waals surface area contributed by atoms with Gasteiger partial charge in [-0.1, -0.05) is 17.7 Å². The molecule has 8 nitrogen and oxygen atoms in total. The third-order valence-corrected chi connectivity index (χ3v) is 5.16. The maximum Gasteiger partial charge on any atom is 0.329 e. The number of aryl methyl sites for hydroxylation is 1. The number of nitrogens with zero attached hydrogens (tertiary/aromatic N) is 2. The van der Waals surface area contributed by atoms with E-state index in [0.717, 1.165) is 18.7 Å². The molecule has 1 aliphatic heterocycles. The molecule has 0 bridgehead atoms. The molecular weight excluding hydrogens is 332 g/mol. The summed E-state index contributed by atoms with van der Waals surface area (Å²) in [6.07, 6.45) is 0. The average Bonchev–Trinajstić information content (AvgIpc) is 2.53. The number of piperazine rings is 1. The highest BCUT2D eigenvalue weighted by Crippen LogP contribution is 2.09. The number of urea groups is 1. The Morgan fingerprint density at radius 1 is 1.08 bits per heavy atom. The van der Waals surface area contributed by atoms with Gasteiger partial charge in [-0.05, 0) is 26.1 Å². The van der Waals surface area contributed by atoms with Crippen LogP contribution in [0.5, 0.6) is 0 Å². The van der Waals surface area contributed by atoms with Gasteiger partial charge in [-0.3, -0.25) is 4.79 Å². The summed E-state index contributed by atoms with van der Waals surface area (Å²) in [5, 5.41) is 2.29. The molecule has 1 aromatic carbocycles. The topological polar surface area (TPSA) is 98.8 Å². The van der Waals surface area contributed by atoms with Gasteiger partial charge in [0.1, 0.15) is 0 Å². The number of rotatable bonds is 4. The lowest BCUT2D eigenvalue weighted by molar-refractivity contribution is -0.131. The number of carbonyl (C=O) groups is 2. The van der Waals surface area contributed by atoms with Crippen LogP contribution in [0, 0.1) is 6.92 Å². The second-order valence-corrected chi connectivity index (χ2v) is 7.47. The molecule has 0 spiro atoms. The average molecular weight is 354 g/mol. The van der Waals surface area contributed by atoms with Gasteiger partial charge in [-0.2, -0.15) is 0 Å². The van der Waals surface area contributed by atoms with E-state index in [1.807, 2.05) is 18.7 Å². The molecule has 1 saturated heterocycles. The lowest BCUT2D eigenvalue weighted by atomic mass is 10.2. The summed E-state index contributed by atoms with van der Waals surface area (Å²) in [7, 11) is -1.97. The van der Waals surface area contributed by atoms with Gasteiger partial charge in [-0.25, -0.2) is 17.9 Å². The van der Waals surface area contributed by atoms with E-state index in [1.165, 1.54) is 12.1 Å². The Balaban J connectivity index is 1.84. The molecular formula is C15H22N4O4S. The molecule has 132 valence electrons. The first kappa shape index (κ1) is 18.2. The first-order chi connectivity index (χ1) is 11.3. The molecule has 0 atom stereocenters. The van der Waals surface area contributed by atoms with E-state index >= 15 is 0 Å². The summed E-state index contributed by atoms with van der Waals surface area (Å²) < 4.78 is 26.0. The van der Waals surface area contributed by atoms with Crippen LogP contribution in [0.25, 0.3) is 0 Å². The standard InChI is InChI=1S/C15H22N4O4S/c1-12-3-5-13(6-4-12)24(22,23)17-15(21)16-11-14(20)19-9-7-18(2)8-10-19/h3-6H,7-11H2,1-2H3,(H2,16,17,21). The van der Waals surface area contributed by atoms with Crippen molar-refractivity contribution in [2.45, 2.75) is 11.8 Å². The number of amides is 3. The smallest absolute Gasteiger partial charge is 0.329 e. The van der Waals surface area contributed by atoms with Crippen LogP contribution in [-0.4, -0.2) is 69.9 Å². The van der Waals surface area contributed by atoms with Crippen molar-refractivity contribution in [2.75, 3.05) is 39.8 Å². The van der Waals surface area contributed by atoms with Crippen LogP contribution >= 0.6 is 0 Å².